The molecule has 2 heterocycles. The highest BCUT2D eigenvalue weighted by Gasteiger charge is 2.44. The van der Waals surface area contributed by atoms with Crippen LogP contribution >= 0.6 is 0 Å². The van der Waals surface area contributed by atoms with Crippen molar-refractivity contribution in [1.82, 2.24) is 4.90 Å². The van der Waals surface area contributed by atoms with E-state index in [0.717, 1.165) is 30.1 Å². The van der Waals surface area contributed by atoms with Crippen LogP contribution in [0, 0.1) is 0 Å². The van der Waals surface area contributed by atoms with E-state index in [4.69, 9.17) is 14.5 Å². The van der Waals surface area contributed by atoms with Gasteiger partial charge in [0, 0.05) is 18.5 Å². The van der Waals surface area contributed by atoms with Crippen LogP contribution in [0.25, 0.3) is 0 Å². The summed E-state index contributed by atoms with van der Waals surface area (Å²) in [5.74, 6) is 2.27. The van der Waals surface area contributed by atoms with Gasteiger partial charge in [-0.15, -0.1) is 0 Å². The standard InChI is InChI=1S/C17H24N2O3/c1-16(2)10-17(3,20)19-7-6-11-8-13(21-4)14(22-5)9-12(11)15(19)18-16/h8-9,20H,6-7,10H2,1-5H3. The summed E-state index contributed by atoms with van der Waals surface area (Å²) in [5, 5.41) is 10.8. The summed E-state index contributed by atoms with van der Waals surface area (Å²) < 4.78 is 10.8. The van der Waals surface area contributed by atoms with Gasteiger partial charge in [-0.2, -0.15) is 0 Å². The van der Waals surface area contributed by atoms with Crippen molar-refractivity contribution in [3.63, 3.8) is 0 Å². The van der Waals surface area contributed by atoms with Crippen molar-refractivity contribution >= 4 is 5.84 Å². The van der Waals surface area contributed by atoms with E-state index in [1.807, 2.05) is 24.0 Å². The monoisotopic (exact) mass is 304 g/mol. The number of amidine groups is 1. The summed E-state index contributed by atoms with van der Waals surface area (Å²) in [4.78, 5) is 6.90. The van der Waals surface area contributed by atoms with E-state index in [1.54, 1.807) is 14.2 Å². The van der Waals surface area contributed by atoms with Crippen molar-refractivity contribution in [1.29, 1.82) is 0 Å². The zero-order valence-corrected chi connectivity index (χ0v) is 13.9. The molecule has 1 N–H and O–H groups in total. The lowest BCUT2D eigenvalue weighted by Gasteiger charge is -2.49. The Labute approximate surface area is 131 Å². The molecular weight excluding hydrogens is 280 g/mol. The number of aliphatic hydroxyl groups is 1. The number of hydrogen-bond donors (Lipinski definition) is 1. The predicted molar refractivity (Wildman–Crippen MR) is 85.8 cm³/mol. The van der Waals surface area contributed by atoms with E-state index in [9.17, 15) is 5.11 Å². The molecule has 0 saturated carbocycles. The van der Waals surface area contributed by atoms with Gasteiger partial charge in [0.2, 0.25) is 0 Å². The first-order valence-electron chi connectivity index (χ1n) is 7.62. The van der Waals surface area contributed by atoms with Gasteiger partial charge in [-0.1, -0.05) is 0 Å². The molecule has 1 aromatic rings. The van der Waals surface area contributed by atoms with Crippen LogP contribution < -0.4 is 9.47 Å². The molecule has 5 nitrogen and oxygen atoms in total. The molecule has 0 amide bonds. The van der Waals surface area contributed by atoms with Gasteiger partial charge in [0.05, 0.1) is 19.8 Å². The Morgan fingerprint density at radius 3 is 2.41 bits per heavy atom. The minimum Gasteiger partial charge on any atom is -0.493 e. The molecule has 2 aliphatic rings. The first kappa shape index (κ1) is 15.2. The maximum atomic E-state index is 10.8. The first-order chi connectivity index (χ1) is 10.3. The van der Waals surface area contributed by atoms with Crippen molar-refractivity contribution in [3.05, 3.63) is 23.3 Å². The topological polar surface area (TPSA) is 54.3 Å². The summed E-state index contributed by atoms with van der Waals surface area (Å²) >= 11 is 0. The summed E-state index contributed by atoms with van der Waals surface area (Å²) in [6, 6.07) is 3.99. The quantitative estimate of drug-likeness (QED) is 0.910. The van der Waals surface area contributed by atoms with Crippen LogP contribution in [0.1, 0.15) is 38.3 Å². The molecule has 0 spiro atoms. The Kier molecular flexibility index (Phi) is 3.36. The molecule has 0 fully saturated rings. The third-order valence-electron chi connectivity index (χ3n) is 4.47. The van der Waals surface area contributed by atoms with E-state index < -0.39 is 5.72 Å². The van der Waals surface area contributed by atoms with Gasteiger partial charge in [-0.25, -0.2) is 0 Å². The Bertz CT molecular complexity index is 635. The number of methoxy groups -OCH3 is 2. The van der Waals surface area contributed by atoms with Crippen LogP contribution in [0.3, 0.4) is 0 Å². The molecule has 1 unspecified atom stereocenters. The lowest BCUT2D eigenvalue weighted by atomic mass is 9.86. The van der Waals surface area contributed by atoms with Crippen LogP contribution in [0.2, 0.25) is 0 Å². The fourth-order valence-electron chi connectivity index (χ4n) is 3.65. The van der Waals surface area contributed by atoms with Crippen molar-refractivity contribution in [2.24, 2.45) is 4.99 Å². The summed E-state index contributed by atoms with van der Waals surface area (Å²) in [7, 11) is 3.28. The van der Waals surface area contributed by atoms with Crippen LogP contribution in [0.4, 0.5) is 0 Å². The zero-order valence-electron chi connectivity index (χ0n) is 13.9. The minimum atomic E-state index is -0.883. The number of hydrogen-bond acceptors (Lipinski definition) is 5. The molecule has 2 aliphatic heterocycles. The molecule has 0 saturated heterocycles. The molecule has 5 heteroatoms. The van der Waals surface area contributed by atoms with Crippen molar-refractivity contribution in [2.45, 2.75) is 44.9 Å². The lowest BCUT2D eigenvalue weighted by Crippen LogP contribution is -2.59. The summed E-state index contributed by atoms with van der Waals surface area (Å²) in [5.41, 5.74) is 1.03. The second kappa shape index (κ2) is 4.88. The number of benzene rings is 1. The molecule has 0 bridgehead atoms. The first-order valence-corrected chi connectivity index (χ1v) is 7.62. The van der Waals surface area contributed by atoms with Gasteiger partial charge >= 0.3 is 0 Å². The van der Waals surface area contributed by atoms with Gasteiger partial charge in [0.15, 0.2) is 11.5 Å². The van der Waals surface area contributed by atoms with E-state index in [-0.39, 0.29) is 5.54 Å². The van der Waals surface area contributed by atoms with E-state index >= 15 is 0 Å². The predicted octanol–water partition coefficient (Wildman–Crippen LogP) is 2.20. The van der Waals surface area contributed by atoms with Gasteiger partial charge in [0.25, 0.3) is 0 Å². The fraction of sp³-hybridized carbons (Fsp3) is 0.588. The molecule has 0 radical (unpaired) electrons. The van der Waals surface area contributed by atoms with Crippen LogP contribution in [-0.4, -0.2) is 47.9 Å². The van der Waals surface area contributed by atoms with Crippen LogP contribution in [0.5, 0.6) is 11.5 Å². The van der Waals surface area contributed by atoms with E-state index in [2.05, 4.69) is 13.8 Å². The van der Waals surface area contributed by atoms with Crippen LogP contribution in [-0.2, 0) is 6.42 Å². The number of aliphatic imine (C=N–C) groups is 1. The largest absolute Gasteiger partial charge is 0.493 e. The van der Waals surface area contributed by atoms with Gasteiger partial charge in [0.1, 0.15) is 11.6 Å². The highest BCUT2D eigenvalue weighted by atomic mass is 16.5. The average Bonchev–Trinajstić information content (AvgIpc) is 2.43. The Balaban J connectivity index is 2.17. The average molecular weight is 304 g/mol. The Morgan fingerprint density at radius 2 is 1.77 bits per heavy atom. The summed E-state index contributed by atoms with van der Waals surface area (Å²) in [6.07, 6.45) is 1.47. The molecule has 0 aliphatic carbocycles. The number of nitrogens with zero attached hydrogens (tertiary/aromatic N) is 2. The van der Waals surface area contributed by atoms with Gasteiger partial charge in [-0.05, 0) is 44.9 Å². The smallest absolute Gasteiger partial charge is 0.161 e. The zero-order chi connectivity index (χ0) is 16.1. The molecule has 0 aromatic heterocycles. The minimum absolute atomic E-state index is 0.295. The third-order valence-corrected chi connectivity index (χ3v) is 4.47. The normalized spacial score (nSPS) is 25.9. The van der Waals surface area contributed by atoms with E-state index in [0.29, 0.717) is 12.2 Å². The van der Waals surface area contributed by atoms with Crippen LogP contribution in [0.15, 0.2) is 17.1 Å². The van der Waals surface area contributed by atoms with Crippen molar-refractivity contribution in [3.8, 4) is 11.5 Å². The lowest BCUT2D eigenvalue weighted by molar-refractivity contribution is -0.0806. The number of rotatable bonds is 2. The molecular formula is C17H24N2O3. The maximum absolute atomic E-state index is 10.8. The third kappa shape index (κ3) is 2.33. The molecule has 1 aromatic carbocycles. The molecule has 3 rings (SSSR count). The number of fused-ring (bicyclic) bond motifs is 3. The Morgan fingerprint density at radius 1 is 1.14 bits per heavy atom. The number of ether oxygens (including phenoxy) is 2. The van der Waals surface area contributed by atoms with Crippen molar-refractivity contribution in [2.75, 3.05) is 20.8 Å². The highest BCUT2D eigenvalue weighted by molar-refractivity contribution is 6.02. The summed E-state index contributed by atoms with van der Waals surface area (Å²) in [6.45, 7) is 6.74. The molecule has 22 heavy (non-hydrogen) atoms. The Hall–Kier alpha value is -1.75. The molecule has 120 valence electrons. The molecule has 1 atom stereocenters. The van der Waals surface area contributed by atoms with Crippen molar-refractivity contribution < 1.29 is 14.6 Å². The highest BCUT2D eigenvalue weighted by Crippen LogP contribution is 2.40. The second-order valence-corrected chi connectivity index (χ2v) is 6.91. The fourth-order valence-corrected chi connectivity index (χ4v) is 3.65. The van der Waals surface area contributed by atoms with E-state index in [1.165, 1.54) is 5.56 Å². The SMILES string of the molecule is COc1cc2c(cc1OC)C1=NC(C)(C)CC(C)(O)N1CC2. The van der Waals surface area contributed by atoms with Gasteiger partial charge < -0.3 is 19.5 Å². The van der Waals surface area contributed by atoms with Gasteiger partial charge in [-0.3, -0.25) is 4.99 Å². The maximum Gasteiger partial charge on any atom is 0.161 e. The second-order valence-electron chi connectivity index (χ2n) is 6.91.